The van der Waals surface area contributed by atoms with Crippen LogP contribution in [0.4, 0.5) is 0 Å². The summed E-state index contributed by atoms with van der Waals surface area (Å²) in [6.07, 6.45) is 0. The zero-order chi connectivity index (χ0) is 11.5. The number of hydrogen-bond acceptors (Lipinski definition) is 2. The van der Waals surface area contributed by atoms with Gasteiger partial charge in [-0.2, -0.15) is 4.79 Å². The number of nitrogens with zero attached hydrogens (tertiary/aromatic N) is 4. The molecule has 0 heterocycles. The monoisotopic (exact) mass is 232 g/mol. The Bertz CT molecular complexity index is 232. The quantitative estimate of drug-likeness (QED) is 0.244. The van der Waals surface area contributed by atoms with Crippen LogP contribution in [0.5, 0.6) is 0 Å². The standard InChI is InChI=1S/C8H21N4PSi/c1-11(2)13(12(3)4)8(10-9)14(5,6)7/h1-7H3. The summed E-state index contributed by atoms with van der Waals surface area (Å²) in [7, 11) is 5.97. The molecule has 0 aromatic carbocycles. The van der Waals surface area contributed by atoms with Crippen molar-refractivity contribution in [3.05, 3.63) is 5.53 Å². The Labute approximate surface area is 89.4 Å². The minimum atomic E-state index is -1.53. The third-order valence-corrected chi connectivity index (χ3v) is 7.75. The normalized spacial score (nSPS) is 12.4. The Kier molecular flexibility index (Phi) is 5.13. The molecule has 0 bridgehead atoms. The van der Waals surface area contributed by atoms with Crippen LogP contribution in [0.2, 0.25) is 19.6 Å². The van der Waals surface area contributed by atoms with Crippen LogP contribution in [0.3, 0.4) is 0 Å². The molecule has 0 unspecified atom stereocenters. The van der Waals surface area contributed by atoms with Gasteiger partial charge in [-0.25, -0.2) is 0 Å². The second-order valence-electron chi connectivity index (χ2n) is 4.66. The third kappa shape index (κ3) is 3.60. The Hall–Kier alpha value is -0.0531. The fraction of sp³-hybridized carbons (Fsp3) is 0.875. The van der Waals surface area contributed by atoms with Gasteiger partial charge in [0.15, 0.2) is 8.07 Å². The van der Waals surface area contributed by atoms with E-state index in [2.05, 4.69) is 33.8 Å². The molecular weight excluding hydrogens is 211 g/mol. The second kappa shape index (κ2) is 5.15. The summed E-state index contributed by atoms with van der Waals surface area (Å²) >= 11 is 0. The molecule has 0 aliphatic rings. The van der Waals surface area contributed by atoms with Crippen molar-refractivity contribution < 1.29 is 4.79 Å². The molecule has 0 aromatic rings. The van der Waals surface area contributed by atoms with Crippen LogP contribution in [-0.4, -0.2) is 55.5 Å². The van der Waals surface area contributed by atoms with E-state index in [1.54, 1.807) is 0 Å². The largest absolute Gasteiger partial charge is 0.362 e. The lowest BCUT2D eigenvalue weighted by molar-refractivity contribution is 0.00267. The van der Waals surface area contributed by atoms with Crippen molar-refractivity contribution in [1.82, 2.24) is 9.34 Å². The molecule has 14 heavy (non-hydrogen) atoms. The molecule has 0 saturated heterocycles. The smallest absolute Gasteiger partial charge is 0.284 e. The summed E-state index contributed by atoms with van der Waals surface area (Å²) in [6.45, 7) is 6.60. The number of hydrogen-bond donors (Lipinski definition) is 0. The minimum Gasteiger partial charge on any atom is -0.362 e. The van der Waals surface area contributed by atoms with Gasteiger partial charge in [-0.3, -0.25) is 9.34 Å². The molecule has 0 saturated carbocycles. The maximum absolute atomic E-state index is 9.12. The van der Waals surface area contributed by atoms with E-state index in [0.29, 0.717) is 0 Å². The zero-order valence-electron chi connectivity index (χ0n) is 10.2. The molecule has 0 aliphatic heterocycles. The van der Waals surface area contributed by atoms with Crippen LogP contribution >= 0.6 is 8.22 Å². The van der Waals surface area contributed by atoms with Crippen LogP contribution in [0.25, 0.3) is 5.53 Å². The minimum absolute atomic E-state index is 0.602. The second-order valence-corrected chi connectivity index (χ2v) is 12.7. The maximum atomic E-state index is 9.12. The lowest BCUT2D eigenvalue weighted by atomic mass is 11.3. The molecule has 0 amide bonds. The van der Waals surface area contributed by atoms with Gasteiger partial charge < -0.3 is 5.53 Å². The Morgan fingerprint density at radius 1 is 1.07 bits per heavy atom. The van der Waals surface area contributed by atoms with Gasteiger partial charge in [-0.1, -0.05) is 19.6 Å². The van der Waals surface area contributed by atoms with Crippen LogP contribution < -0.4 is 0 Å². The molecule has 82 valence electrons. The van der Waals surface area contributed by atoms with Crippen molar-refractivity contribution in [2.45, 2.75) is 19.6 Å². The fourth-order valence-corrected chi connectivity index (χ4v) is 6.68. The van der Waals surface area contributed by atoms with Gasteiger partial charge in [0, 0.05) is 0 Å². The van der Waals surface area contributed by atoms with E-state index >= 15 is 0 Å². The topological polar surface area (TPSA) is 42.9 Å². The molecule has 0 N–H and O–H groups in total. The van der Waals surface area contributed by atoms with Gasteiger partial charge in [0.05, 0.1) is 0 Å². The van der Waals surface area contributed by atoms with Crippen molar-refractivity contribution in [2.75, 3.05) is 28.2 Å². The van der Waals surface area contributed by atoms with E-state index in [1.807, 2.05) is 28.2 Å². The third-order valence-electron chi connectivity index (χ3n) is 1.71. The average molecular weight is 232 g/mol. The van der Waals surface area contributed by atoms with Gasteiger partial charge in [-0.15, -0.1) is 0 Å². The molecule has 0 spiro atoms. The molecule has 0 radical (unpaired) electrons. The highest BCUT2D eigenvalue weighted by Gasteiger charge is 2.40. The van der Waals surface area contributed by atoms with E-state index in [9.17, 15) is 0 Å². The lowest BCUT2D eigenvalue weighted by Crippen LogP contribution is -2.38. The first-order chi connectivity index (χ1) is 6.21. The van der Waals surface area contributed by atoms with Crippen LogP contribution in [0.1, 0.15) is 0 Å². The Morgan fingerprint density at radius 2 is 1.43 bits per heavy atom. The molecule has 0 fully saturated rings. The molecular formula is C8H21N4PSi. The molecule has 0 rings (SSSR count). The van der Waals surface area contributed by atoms with Crippen molar-refractivity contribution in [1.29, 1.82) is 0 Å². The molecule has 6 heteroatoms. The van der Waals surface area contributed by atoms with E-state index in [1.165, 1.54) is 0 Å². The summed E-state index contributed by atoms with van der Waals surface area (Å²) in [5.41, 5.74) is 9.12. The molecule has 0 atom stereocenters. The highest BCUT2D eigenvalue weighted by molar-refractivity contribution is 7.78. The molecule has 0 aromatic heterocycles. The van der Waals surface area contributed by atoms with Crippen LogP contribution in [0.15, 0.2) is 0 Å². The SMILES string of the molecule is CN(C)P(C(=[N+]=[N-])[Si](C)(C)C)N(C)C. The summed E-state index contributed by atoms with van der Waals surface area (Å²) < 4.78 is 4.26. The number of rotatable bonds is 4. The van der Waals surface area contributed by atoms with Crippen molar-refractivity contribution in [3.63, 3.8) is 0 Å². The first-order valence-electron chi connectivity index (χ1n) is 4.59. The van der Waals surface area contributed by atoms with E-state index < -0.39 is 16.3 Å². The van der Waals surface area contributed by atoms with Crippen molar-refractivity contribution >= 4 is 21.4 Å². The lowest BCUT2D eigenvalue weighted by Gasteiger charge is -2.29. The van der Waals surface area contributed by atoms with Gasteiger partial charge in [-0.05, 0) is 28.2 Å². The van der Waals surface area contributed by atoms with Gasteiger partial charge in [0.1, 0.15) is 8.22 Å². The first kappa shape index (κ1) is 13.9. The Balaban J connectivity index is 5.10. The van der Waals surface area contributed by atoms with E-state index in [0.717, 1.165) is 5.08 Å². The van der Waals surface area contributed by atoms with E-state index in [4.69, 9.17) is 5.53 Å². The molecule has 0 aliphatic carbocycles. The highest BCUT2D eigenvalue weighted by Crippen LogP contribution is 2.43. The summed E-state index contributed by atoms with van der Waals surface area (Å²) in [4.78, 5) is 3.53. The van der Waals surface area contributed by atoms with Crippen LogP contribution in [-0.2, 0) is 0 Å². The van der Waals surface area contributed by atoms with Gasteiger partial charge in [0.25, 0.3) is 5.08 Å². The Morgan fingerprint density at radius 3 is 1.50 bits per heavy atom. The van der Waals surface area contributed by atoms with Crippen molar-refractivity contribution in [2.24, 2.45) is 0 Å². The van der Waals surface area contributed by atoms with E-state index in [-0.39, 0.29) is 0 Å². The predicted octanol–water partition coefficient (Wildman–Crippen LogP) is 1.93. The summed E-state index contributed by atoms with van der Waals surface area (Å²) in [6, 6.07) is 0. The highest BCUT2D eigenvalue weighted by atomic mass is 31.1. The zero-order valence-corrected chi connectivity index (χ0v) is 12.1. The summed E-state index contributed by atoms with van der Waals surface area (Å²) in [5.74, 6) is 0. The summed E-state index contributed by atoms with van der Waals surface area (Å²) in [5, 5.41) is 0.975. The van der Waals surface area contributed by atoms with Gasteiger partial charge >= 0.3 is 0 Å². The predicted molar refractivity (Wildman–Crippen MR) is 66.3 cm³/mol. The van der Waals surface area contributed by atoms with Gasteiger partial charge in [0.2, 0.25) is 0 Å². The first-order valence-corrected chi connectivity index (χ1v) is 9.33. The average Bonchev–Trinajstić information content (AvgIpc) is 1.95. The molecule has 4 nitrogen and oxygen atoms in total. The van der Waals surface area contributed by atoms with Crippen molar-refractivity contribution in [3.8, 4) is 0 Å². The van der Waals surface area contributed by atoms with Crippen LogP contribution in [0, 0.1) is 0 Å². The fourth-order valence-electron chi connectivity index (χ4n) is 1.23. The maximum Gasteiger partial charge on any atom is 0.284 e.